The molecule has 2 aromatic rings. The number of anilines is 2. The maximum Gasteiger partial charge on any atom is 0.417 e. The summed E-state index contributed by atoms with van der Waals surface area (Å²) in [7, 11) is 0. The summed E-state index contributed by atoms with van der Waals surface area (Å²) in [5, 5.41) is 0.0163. The van der Waals surface area contributed by atoms with Crippen LogP contribution in [0.3, 0.4) is 0 Å². The number of nitrogens with two attached hydrogens (primary N) is 1. The van der Waals surface area contributed by atoms with Gasteiger partial charge in [-0.3, -0.25) is 0 Å². The summed E-state index contributed by atoms with van der Waals surface area (Å²) in [5.41, 5.74) is 5.41. The van der Waals surface area contributed by atoms with Crippen LogP contribution >= 0.6 is 11.8 Å². The maximum absolute atomic E-state index is 13.6. The van der Waals surface area contributed by atoms with E-state index < -0.39 is 11.7 Å². The van der Waals surface area contributed by atoms with Crippen LogP contribution in [0.15, 0.2) is 18.3 Å². The van der Waals surface area contributed by atoms with Crippen LogP contribution in [0.4, 0.5) is 24.9 Å². The number of ether oxygens (including phenoxy) is 1. The molecule has 0 aromatic carbocycles. The molecule has 0 aliphatic carbocycles. The van der Waals surface area contributed by atoms with E-state index >= 15 is 0 Å². The Morgan fingerprint density at radius 2 is 1.96 bits per heavy atom. The van der Waals surface area contributed by atoms with Crippen LogP contribution in [0.2, 0.25) is 0 Å². The number of alkyl halides is 3. The van der Waals surface area contributed by atoms with Gasteiger partial charge in [-0.2, -0.15) is 24.9 Å². The fraction of sp³-hybridized carbons (Fsp3) is 0.500. The number of thioether (sulfide) groups is 1. The Labute approximate surface area is 165 Å². The third-order valence-electron chi connectivity index (χ3n) is 4.37. The number of nitrogens with zero attached hydrogens (tertiary/aromatic N) is 4. The normalized spacial score (nSPS) is 16.2. The molecule has 1 saturated heterocycles. The molecule has 2 aromatic heterocycles. The minimum absolute atomic E-state index is 0.0163. The van der Waals surface area contributed by atoms with E-state index in [0.29, 0.717) is 37.9 Å². The van der Waals surface area contributed by atoms with Gasteiger partial charge in [-0.25, -0.2) is 15.0 Å². The number of halogens is 3. The molecule has 2 N–H and O–H groups in total. The van der Waals surface area contributed by atoms with Crippen LogP contribution in [0.25, 0.3) is 11.3 Å². The Hall–Kier alpha value is -2.07. The van der Waals surface area contributed by atoms with Crippen molar-refractivity contribution >= 4 is 23.5 Å². The molecule has 1 atom stereocenters. The largest absolute Gasteiger partial charge is 0.417 e. The number of pyridine rings is 1. The van der Waals surface area contributed by atoms with Crippen LogP contribution in [0, 0.1) is 0 Å². The van der Waals surface area contributed by atoms with Gasteiger partial charge in [0, 0.05) is 30.1 Å². The molecule has 28 heavy (non-hydrogen) atoms. The molecular weight excluding hydrogens is 391 g/mol. The zero-order valence-electron chi connectivity index (χ0n) is 15.7. The standard InChI is InChI=1S/C18H22F3N5OS/c1-3-28-11(2)14-9-15(25-17(24-14)26-4-6-27-7-5-26)12-10-23-16(22)8-13(12)18(19,20)21/h8-11H,3-7H2,1-2H3,(H2,22,23). The van der Waals surface area contributed by atoms with Gasteiger partial charge in [-0.15, -0.1) is 0 Å². The molecule has 0 spiro atoms. The van der Waals surface area contributed by atoms with Crippen molar-refractivity contribution < 1.29 is 17.9 Å². The fourth-order valence-electron chi connectivity index (χ4n) is 2.95. The molecule has 0 radical (unpaired) electrons. The summed E-state index contributed by atoms with van der Waals surface area (Å²) in [5.74, 6) is 1.09. The van der Waals surface area contributed by atoms with Gasteiger partial charge >= 0.3 is 6.18 Å². The van der Waals surface area contributed by atoms with Gasteiger partial charge in [-0.1, -0.05) is 6.92 Å². The van der Waals surface area contributed by atoms with Crippen LogP contribution in [0.1, 0.15) is 30.4 Å². The van der Waals surface area contributed by atoms with Crippen molar-refractivity contribution in [3.05, 3.63) is 29.6 Å². The molecule has 1 aliphatic heterocycles. The highest BCUT2D eigenvalue weighted by molar-refractivity contribution is 7.99. The van der Waals surface area contributed by atoms with Crippen molar-refractivity contribution in [2.45, 2.75) is 25.3 Å². The smallest absolute Gasteiger partial charge is 0.384 e. The van der Waals surface area contributed by atoms with Gasteiger partial charge < -0.3 is 15.4 Å². The van der Waals surface area contributed by atoms with Gasteiger partial charge in [0.25, 0.3) is 0 Å². The van der Waals surface area contributed by atoms with Crippen LogP contribution < -0.4 is 10.6 Å². The average molecular weight is 413 g/mol. The summed E-state index contributed by atoms with van der Waals surface area (Å²) in [6.45, 7) is 6.24. The second-order valence-corrected chi connectivity index (χ2v) is 7.95. The molecule has 6 nitrogen and oxygen atoms in total. The first-order valence-electron chi connectivity index (χ1n) is 8.96. The molecule has 1 fully saturated rings. The second kappa shape index (κ2) is 8.52. The van der Waals surface area contributed by atoms with E-state index in [0.717, 1.165) is 18.0 Å². The van der Waals surface area contributed by atoms with Crippen molar-refractivity contribution in [1.82, 2.24) is 15.0 Å². The van der Waals surface area contributed by atoms with Crippen molar-refractivity contribution in [3.63, 3.8) is 0 Å². The molecular formula is C18H22F3N5OS. The van der Waals surface area contributed by atoms with Crippen LogP contribution in [-0.2, 0) is 10.9 Å². The topological polar surface area (TPSA) is 77.2 Å². The van der Waals surface area contributed by atoms with E-state index in [2.05, 4.69) is 15.0 Å². The molecule has 0 saturated carbocycles. The molecule has 3 heterocycles. The monoisotopic (exact) mass is 413 g/mol. The molecule has 1 unspecified atom stereocenters. The summed E-state index contributed by atoms with van der Waals surface area (Å²) in [4.78, 5) is 14.9. The molecule has 0 amide bonds. The van der Waals surface area contributed by atoms with E-state index in [1.54, 1.807) is 17.8 Å². The zero-order chi connectivity index (χ0) is 20.3. The summed E-state index contributed by atoms with van der Waals surface area (Å²) < 4.78 is 46.1. The van der Waals surface area contributed by atoms with Gasteiger partial charge in [0.15, 0.2) is 0 Å². The highest BCUT2D eigenvalue weighted by Crippen LogP contribution is 2.38. The number of rotatable bonds is 5. The Balaban J connectivity index is 2.13. The van der Waals surface area contributed by atoms with Crippen molar-refractivity contribution in [2.75, 3.05) is 42.7 Å². The van der Waals surface area contributed by atoms with Crippen molar-refractivity contribution in [2.24, 2.45) is 0 Å². The lowest BCUT2D eigenvalue weighted by Gasteiger charge is -2.28. The summed E-state index contributed by atoms with van der Waals surface area (Å²) >= 11 is 1.66. The highest BCUT2D eigenvalue weighted by Gasteiger charge is 2.35. The number of aromatic nitrogens is 3. The van der Waals surface area contributed by atoms with Gasteiger partial charge in [0.2, 0.25) is 5.95 Å². The second-order valence-electron chi connectivity index (χ2n) is 6.33. The quantitative estimate of drug-likeness (QED) is 0.799. The first-order chi connectivity index (χ1) is 13.3. The van der Waals surface area contributed by atoms with Crippen LogP contribution in [0.5, 0.6) is 0 Å². The summed E-state index contributed by atoms with van der Waals surface area (Å²) in [6, 6.07) is 2.45. The Morgan fingerprint density at radius 3 is 2.61 bits per heavy atom. The van der Waals surface area contributed by atoms with Crippen molar-refractivity contribution in [3.8, 4) is 11.3 Å². The van der Waals surface area contributed by atoms with E-state index in [1.807, 2.05) is 18.7 Å². The number of morpholine rings is 1. The third-order valence-corrected chi connectivity index (χ3v) is 5.44. The predicted octanol–water partition coefficient (Wildman–Crippen LogP) is 3.79. The minimum atomic E-state index is -4.57. The first kappa shape index (κ1) is 20.7. The van der Waals surface area contributed by atoms with E-state index in [-0.39, 0.29) is 22.3 Å². The third kappa shape index (κ3) is 4.67. The molecule has 3 rings (SSSR count). The molecule has 10 heteroatoms. The maximum atomic E-state index is 13.6. The predicted molar refractivity (Wildman–Crippen MR) is 104 cm³/mol. The minimum Gasteiger partial charge on any atom is -0.384 e. The average Bonchev–Trinajstić information content (AvgIpc) is 2.68. The Kier molecular flexibility index (Phi) is 6.29. The zero-order valence-corrected chi connectivity index (χ0v) is 16.5. The fourth-order valence-corrected chi connectivity index (χ4v) is 3.74. The number of hydrogen-bond acceptors (Lipinski definition) is 7. The Bertz CT molecular complexity index is 827. The lowest BCUT2D eigenvalue weighted by molar-refractivity contribution is -0.137. The lowest BCUT2D eigenvalue weighted by atomic mass is 10.1. The number of hydrogen-bond donors (Lipinski definition) is 1. The van der Waals surface area contributed by atoms with Gasteiger partial charge in [0.05, 0.1) is 30.2 Å². The van der Waals surface area contributed by atoms with E-state index in [1.165, 1.54) is 0 Å². The highest BCUT2D eigenvalue weighted by atomic mass is 32.2. The van der Waals surface area contributed by atoms with E-state index in [4.69, 9.17) is 10.5 Å². The molecule has 152 valence electrons. The summed E-state index contributed by atoms with van der Waals surface area (Å²) in [6.07, 6.45) is -3.44. The van der Waals surface area contributed by atoms with Crippen molar-refractivity contribution in [1.29, 1.82) is 0 Å². The van der Waals surface area contributed by atoms with E-state index in [9.17, 15) is 13.2 Å². The van der Waals surface area contributed by atoms with Crippen LogP contribution in [-0.4, -0.2) is 47.0 Å². The first-order valence-corrected chi connectivity index (χ1v) is 10.0. The molecule has 1 aliphatic rings. The van der Waals surface area contributed by atoms with Gasteiger partial charge in [0.1, 0.15) is 5.82 Å². The Morgan fingerprint density at radius 1 is 1.25 bits per heavy atom. The van der Waals surface area contributed by atoms with Gasteiger partial charge in [-0.05, 0) is 24.8 Å². The lowest BCUT2D eigenvalue weighted by Crippen LogP contribution is -2.37. The SMILES string of the molecule is CCSC(C)c1cc(-c2cnc(N)cc2C(F)(F)F)nc(N2CCOCC2)n1. The molecule has 0 bridgehead atoms. The number of nitrogen functional groups attached to an aromatic ring is 1.